The second-order valence-electron chi connectivity index (χ2n) is 5.32. The molecule has 110 valence electrons. The fraction of sp³-hybridized carbons (Fsp3) is 0.467. The van der Waals surface area contributed by atoms with Gasteiger partial charge in [-0.05, 0) is 17.4 Å². The maximum absolute atomic E-state index is 11.7. The van der Waals surface area contributed by atoms with Gasteiger partial charge in [-0.15, -0.1) is 0 Å². The van der Waals surface area contributed by atoms with Gasteiger partial charge in [-0.2, -0.15) is 0 Å². The first-order chi connectivity index (χ1) is 9.36. The molecule has 1 rings (SSSR count). The number of carbonyl (C=O) groups is 2. The van der Waals surface area contributed by atoms with E-state index in [2.05, 4.69) is 5.32 Å². The Bertz CT molecular complexity index is 456. The Balaban J connectivity index is 2.57. The first kappa shape index (κ1) is 16.0. The van der Waals surface area contributed by atoms with Crippen LogP contribution >= 0.6 is 0 Å². The van der Waals surface area contributed by atoms with Crippen molar-refractivity contribution in [3.8, 4) is 0 Å². The van der Waals surface area contributed by atoms with Crippen LogP contribution in [-0.2, 0) is 16.1 Å². The quantitative estimate of drug-likeness (QED) is 0.839. The van der Waals surface area contributed by atoms with E-state index in [0.717, 1.165) is 5.56 Å². The lowest BCUT2D eigenvalue weighted by atomic mass is 9.82. The molecular weight excluding hydrogens is 258 g/mol. The first-order valence-corrected chi connectivity index (χ1v) is 6.57. The van der Waals surface area contributed by atoms with Gasteiger partial charge in [-0.1, -0.05) is 51.1 Å². The van der Waals surface area contributed by atoms with Crippen LogP contribution in [0.25, 0.3) is 0 Å². The van der Waals surface area contributed by atoms with Gasteiger partial charge < -0.3 is 15.2 Å². The van der Waals surface area contributed by atoms with Crippen LogP contribution < -0.4 is 5.32 Å². The Morgan fingerprint density at radius 3 is 2.40 bits per heavy atom. The van der Waals surface area contributed by atoms with Crippen molar-refractivity contribution in [3.05, 3.63) is 35.9 Å². The highest BCUT2D eigenvalue weighted by atomic mass is 16.5. The van der Waals surface area contributed by atoms with Crippen LogP contribution in [0.2, 0.25) is 0 Å². The number of amides is 1. The summed E-state index contributed by atoms with van der Waals surface area (Å²) in [7, 11) is 0. The number of ether oxygens (including phenoxy) is 1. The molecule has 0 aliphatic carbocycles. The zero-order valence-electron chi connectivity index (χ0n) is 12.1. The standard InChI is InChI=1S/C15H21NO4/c1-4-15(2,3)12(13(17)18)16-14(19)20-10-11-8-6-5-7-9-11/h5-9,12H,4,10H2,1-3H3,(H,16,19)(H,17,18). The fourth-order valence-electron chi connectivity index (χ4n) is 1.68. The summed E-state index contributed by atoms with van der Waals surface area (Å²) in [5.41, 5.74) is 0.307. The minimum absolute atomic E-state index is 0.117. The molecule has 20 heavy (non-hydrogen) atoms. The predicted octanol–water partition coefficient (Wildman–Crippen LogP) is 2.80. The van der Waals surface area contributed by atoms with Crippen molar-refractivity contribution in [1.82, 2.24) is 5.32 Å². The molecule has 0 radical (unpaired) electrons. The molecule has 2 N–H and O–H groups in total. The lowest BCUT2D eigenvalue weighted by Crippen LogP contribution is -2.50. The summed E-state index contributed by atoms with van der Waals surface area (Å²) in [5.74, 6) is -1.06. The van der Waals surface area contributed by atoms with Crippen LogP contribution in [0.15, 0.2) is 30.3 Å². The molecule has 5 nitrogen and oxygen atoms in total. The molecular formula is C15H21NO4. The smallest absolute Gasteiger partial charge is 0.408 e. The molecule has 0 aromatic heterocycles. The van der Waals surface area contributed by atoms with E-state index in [9.17, 15) is 14.7 Å². The molecule has 5 heteroatoms. The lowest BCUT2D eigenvalue weighted by molar-refractivity contribution is -0.142. The van der Waals surface area contributed by atoms with Crippen molar-refractivity contribution < 1.29 is 19.4 Å². The van der Waals surface area contributed by atoms with Crippen LogP contribution in [0.3, 0.4) is 0 Å². The molecule has 0 fully saturated rings. The largest absolute Gasteiger partial charge is 0.480 e. The Morgan fingerprint density at radius 2 is 1.90 bits per heavy atom. The summed E-state index contributed by atoms with van der Waals surface area (Å²) in [6.07, 6.45) is -0.0917. The molecule has 0 spiro atoms. The molecule has 0 bridgehead atoms. The average Bonchev–Trinajstić information content (AvgIpc) is 2.43. The fourth-order valence-corrected chi connectivity index (χ4v) is 1.68. The van der Waals surface area contributed by atoms with Gasteiger partial charge in [0.1, 0.15) is 12.6 Å². The molecule has 0 saturated heterocycles. The summed E-state index contributed by atoms with van der Waals surface area (Å²) in [4.78, 5) is 22.9. The third-order valence-corrected chi connectivity index (χ3v) is 3.41. The van der Waals surface area contributed by atoms with E-state index >= 15 is 0 Å². The van der Waals surface area contributed by atoms with Gasteiger partial charge in [-0.25, -0.2) is 9.59 Å². The number of nitrogens with one attached hydrogen (secondary N) is 1. The molecule has 1 unspecified atom stereocenters. The van der Waals surface area contributed by atoms with Crippen LogP contribution in [0.4, 0.5) is 4.79 Å². The molecule has 1 aromatic carbocycles. The number of carboxylic acids is 1. The van der Waals surface area contributed by atoms with E-state index in [1.165, 1.54) is 0 Å². The molecule has 0 aliphatic rings. The van der Waals surface area contributed by atoms with E-state index in [1.807, 2.05) is 37.3 Å². The normalized spacial score (nSPS) is 12.6. The summed E-state index contributed by atoms with van der Waals surface area (Å²) < 4.78 is 5.04. The number of hydrogen-bond donors (Lipinski definition) is 2. The molecule has 0 saturated carbocycles. The maximum Gasteiger partial charge on any atom is 0.408 e. The molecule has 1 atom stereocenters. The second kappa shape index (κ2) is 6.93. The van der Waals surface area contributed by atoms with Crippen molar-refractivity contribution in [3.63, 3.8) is 0 Å². The van der Waals surface area contributed by atoms with Crippen molar-refractivity contribution in [1.29, 1.82) is 0 Å². The molecule has 1 amide bonds. The molecule has 0 heterocycles. The van der Waals surface area contributed by atoms with Crippen molar-refractivity contribution in [2.24, 2.45) is 5.41 Å². The summed E-state index contributed by atoms with van der Waals surface area (Å²) in [6.45, 7) is 5.59. The van der Waals surface area contributed by atoms with E-state index in [0.29, 0.717) is 6.42 Å². The summed E-state index contributed by atoms with van der Waals surface area (Å²) >= 11 is 0. The van der Waals surface area contributed by atoms with E-state index in [1.54, 1.807) is 13.8 Å². The number of hydrogen-bond acceptors (Lipinski definition) is 3. The van der Waals surface area contributed by atoms with E-state index in [-0.39, 0.29) is 6.61 Å². The highest BCUT2D eigenvalue weighted by molar-refractivity contribution is 5.80. The van der Waals surface area contributed by atoms with Gasteiger partial charge in [-0.3, -0.25) is 0 Å². The number of carbonyl (C=O) groups excluding carboxylic acids is 1. The van der Waals surface area contributed by atoms with Crippen LogP contribution in [0, 0.1) is 5.41 Å². The Hall–Kier alpha value is -2.04. The van der Waals surface area contributed by atoms with Crippen LogP contribution in [-0.4, -0.2) is 23.2 Å². The van der Waals surface area contributed by atoms with E-state index < -0.39 is 23.5 Å². The minimum atomic E-state index is -1.06. The second-order valence-corrected chi connectivity index (χ2v) is 5.32. The van der Waals surface area contributed by atoms with Gasteiger partial charge in [0.2, 0.25) is 0 Å². The molecule has 0 aliphatic heterocycles. The minimum Gasteiger partial charge on any atom is -0.480 e. The maximum atomic E-state index is 11.7. The zero-order valence-corrected chi connectivity index (χ0v) is 12.1. The average molecular weight is 279 g/mol. The summed E-state index contributed by atoms with van der Waals surface area (Å²) in [6, 6.07) is 8.24. The summed E-state index contributed by atoms with van der Waals surface area (Å²) in [5, 5.41) is 11.6. The lowest BCUT2D eigenvalue weighted by Gasteiger charge is -2.30. The highest BCUT2D eigenvalue weighted by Gasteiger charge is 2.35. The number of benzene rings is 1. The SMILES string of the molecule is CCC(C)(C)C(NC(=O)OCc1ccccc1)C(=O)O. The zero-order chi connectivity index (χ0) is 15.2. The third-order valence-electron chi connectivity index (χ3n) is 3.41. The van der Waals surface area contributed by atoms with Crippen molar-refractivity contribution >= 4 is 12.1 Å². The topological polar surface area (TPSA) is 75.6 Å². The Morgan fingerprint density at radius 1 is 1.30 bits per heavy atom. The number of carboxylic acid groups (broad SMARTS) is 1. The Labute approximate surface area is 118 Å². The van der Waals surface area contributed by atoms with Crippen molar-refractivity contribution in [2.45, 2.75) is 39.8 Å². The molecule has 1 aromatic rings. The van der Waals surface area contributed by atoms with Crippen LogP contribution in [0.1, 0.15) is 32.8 Å². The van der Waals surface area contributed by atoms with Gasteiger partial charge in [0.25, 0.3) is 0 Å². The number of aliphatic carboxylic acids is 1. The van der Waals surface area contributed by atoms with Crippen LogP contribution in [0.5, 0.6) is 0 Å². The number of rotatable bonds is 6. The first-order valence-electron chi connectivity index (χ1n) is 6.57. The Kier molecular flexibility index (Phi) is 5.55. The van der Waals surface area contributed by atoms with Crippen molar-refractivity contribution in [2.75, 3.05) is 0 Å². The number of alkyl carbamates (subject to hydrolysis) is 1. The van der Waals surface area contributed by atoms with E-state index in [4.69, 9.17) is 4.74 Å². The van der Waals surface area contributed by atoms with Gasteiger partial charge >= 0.3 is 12.1 Å². The third kappa shape index (κ3) is 4.57. The highest BCUT2D eigenvalue weighted by Crippen LogP contribution is 2.25. The van der Waals surface area contributed by atoms with Gasteiger partial charge in [0.15, 0.2) is 0 Å². The van der Waals surface area contributed by atoms with Gasteiger partial charge in [0, 0.05) is 0 Å². The predicted molar refractivity (Wildman–Crippen MR) is 75.3 cm³/mol. The monoisotopic (exact) mass is 279 g/mol. The van der Waals surface area contributed by atoms with Gasteiger partial charge in [0.05, 0.1) is 0 Å².